The van der Waals surface area contributed by atoms with Crippen molar-refractivity contribution >= 4 is 11.8 Å². The van der Waals surface area contributed by atoms with Gasteiger partial charge in [0.05, 0.1) is 0 Å². The Bertz CT molecular complexity index is 920. The summed E-state index contributed by atoms with van der Waals surface area (Å²) < 4.78 is 13.9. The molecule has 0 bridgehead atoms. The monoisotopic (exact) mass is 408 g/mol. The first-order valence-electron chi connectivity index (χ1n) is 10.8. The van der Waals surface area contributed by atoms with Crippen LogP contribution in [0.15, 0.2) is 48.5 Å². The Morgan fingerprint density at radius 2 is 1.70 bits per heavy atom. The molecule has 2 aliphatic heterocycles. The normalized spacial score (nSPS) is 19.1. The van der Waals surface area contributed by atoms with E-state index < -0.39 is 0 Å². The Hall–Kier alpha value is -2.69. The molecule has 2 aromatic carbocycles. The van der Waals surface area contributed by atoms with Crippen LogP contribution < -0.4 is 0 Å². The number of amides is 2. The molecule has 4 nitrogen and oxygen atoms in total. The van der Waals surface area contributed by atoms with E-state index in [1.165, 1.54) is 6.07 Å². The highest BCUT2D eigenvalue weighted by atomic mass is 19.1. The number of likely N-dealkylation sites (tertiary alicyclic amines) is 2. The van der Waals surface area contributed by atoms with E-state index in [4.69, 9.17) is 0 Å². The van der Waals surface area contributed by atoms with Crippen LogP contribution in [-0.4, -0.2) is 41.2 Å². The number of hydrogen-bond acceptors (Lipinski definition) is 2. The predicted molar refractivity (Wildman–Crippen MR) is 114 cm³/mol. The maximum Gasteiger partial charge on any atom is 0.253 e. The molecular weight excluding hydrogens is 379 g/mol. The fourth-order valence-electron chi connectivity index (χ4n) is 4.72. The van der Waals surface area contributed by atoms with Crippen LogP contribution in [0.3, 0.4) is 0 Å². The molecule has 0 aliphatic carbocycles. The summed E-state index contributed by atoms with van der Waals surface area (Å²) in [6.45, 7) is 4.47. The predicted octanol–water partition coefficient (Wildman–Crippen LogP) is 4.57. The first-order chi connectivity index (χ1) is 14.5. The second-order valence-corrected chi connectivity index (χ2v) is 8.81. The van der Waals surface area contributed by atoms with Gasteiger partial charge in [-0.25, -0.2) is 4.39 Å². The third-order valence-corrected chi connectivity index (χ3v) is 6.88. The van der Waals surface area contributed by atoms with E-state index in [1.807, 2.05) is 28.0 Å². The van der Waals surface area contributed by atoms with Crippen molar-refractivity contribution < 1.29 is 14.0 Å². The first kappa shape index (κ1) is 20.6. The van der Waals surface area contributed by atoms with Crippen LogP contribution in [0.2, 0.25) is 0 Å². The summed E-state index contributed by atoms with van der Waals surface area (Å²) in [5.41, 5.74) is 2.25. The van der Waals surface area contributed by atoms with Crippen LogP contribution in [-0.2, 0) is 11.3 Å². The van der Waals surface area contributed by atoms with Gasteiger partial charge in [-0.3, -0.25) is 9.59 Å². The molecule has 2 fully saturated rings. The highest BCUT2D eigenvalue weighted by molar-refractivity contribution is 5.94. The number of nitrogens with zero attached hydrogens (tertiary/aromatic N) is 2. The smallest absolute Gasteiger partial charge is 0.253 e. The highest BCUT2D eigenvalue weighted by Crippen LogP contribution is 2.42. The number of aryl methyl sites for hydroxylation is 1. The summed E-state index contributed by atoms with van der Waals surface area (Å²) in [5, 5.41) is 0. The SMILES string of the molecule is Cc1ccc(C(=O)N2CCC3(CCC(=O)N(Cc4ccccc4)CC3)CC2)cc1F. The highest BCUT2D eigenvalue weighted by Gasteiger charge is 2.39. The summed E-state index contributed by atoms with van der Waals surface area (Å²) in [6, 6.07) is 14.8. The van der Waals surface area contributed by atoms with Gasteiger partial charge in [-0.2, -0.15) is 0 Å². The molecule has 0 atom stereocenters. The van der Waals surface area contributed by atoms with Crippen molar-refractivity contribution in [2.45, 2.75) is 45.6 Å². The molecular formula is C25H29FN2O2. The molecule has 2 heterocycles. The van der Waals surface area contributed by atoms with E-state index in [1.54, 1.807) is 19.1 Å². The minimum atomic E-state index is -0.338. The second kappa shape index (κ2) is 8.58. The van der Waals surface area contributed by atoms with Gasteiger partial charge in [-0.05, 0) is 61.3 Å². The molecule has 1 spiro atoms. The zero-order chi connectivity index (χ0) is 21.1. The molecule has 30 heavy (non-hydrogen) atoms. The zero-order valence-corrected chi connectivity index (χ0v) is 17.6. The maximum absolute atomic E-state index is 13.9. The van der Waals surface area contributed by atoms with Gasteiger partial charge in [-0.1, -0.05) is 36.4 Å². The third-order valence-electron chi connectivity index (χ3n) is 6.88. The van der Waals surface area contributed by atoms with Gasteiger partial charge in [0.25, 0.3) is 5.91 Å². The van der Waals surface area contributed by atoms with Gasteiger partial charge < -0.3 is 9.80 Å². The minimum Gasteiger partial charge on any atom is -0.339 e. The molecule has 0 saturated carbocycles. The van der Waals surface area contributed by atoms with Crippen LogP contribution in [0.5, 0.6) is 0 Å². The van der Waals surface area contributed by atoms with Crippen molar-refractivity contribution in [3.63, 3.8) is 0 Å². The molecule has 4 rings (SSSR count). The second-order valence-electron chi connectivity index (χ2n) is 8.81. The van der Waals surface area contributed by atoms with Crippen molar-refractivity contribution in [2.24, 2.45) is 5.41 Å². The number of halogens is 1. The summed E-state index contributed by atoms with van der Waals surface area (Å²) in [6.07, 6.45) is 4.24. The number of piperidine rings is 1. The molecule has 2 aliphatic rings. The Kier molecular flexibility index (Phi) is 5.89. The van der Waals surface area contributed by atoms with Gasteiger partial charge in [-0.15, -0.1) is 0 Å². The molecule has 158 valence electrons. The topological polar surface area (TPSA) is 40.6 Å². The molecule has 2 aromatic rings. The van der Waals surface area contributed by atoms with Crippen molar-refractivity contribution in [3.8, 4) is 0 Å². The van der Waals surface area contributed by atoms with Gasteiger partial charge in [0.2, 0.25) is 5.91 Å². The van der Waals surface area contributed by atoms with Crippen LogP contribution in [0.25, 0.3) is 0 Å². The molecule has 0 aromatic heterocycles. The van der Waals surface area contributed by atoms with Gasteiger partial charge in [0, 0.05) is 38.2 Å². The lowest BCUT2D eigenvalue weighted by atomic mass is 9.73. The summed E-state index contributed by atoms with van der Waals surface area (Å²) in [7, 11) is 0. The number of carbonyl (C=O) groups is 2. The van der Waals surface area contributed by atoms with Crippen molar-refractivity contribution in [2.75, 3.05) is 19.6 Å². The average Bonchev–Trinajstić information content (AvgIpc) is 2.91. The molecule has 2 saturated heterocycles. The average molecular weight is 409 g/mol. The van der Waals surface area contributed by atoms with Gasteiger partial charge >= 0.3 is 0 Å². The zero-order valence-electron chi connectivity index (χ0n) is 17.6. The quantitative estimate of drug-likeness (QED) is 0.747. The lowest BCUT2D eigenvalue weighted by Gasteiger charge is -2.41. The fraction of sp³-hybridized carbons (Fsp3) is 0.440. The Morgan fingerprint density at radius 1 is 1.00 bits per heavy atom. The van der Waals surface area contributed by atoms with Crippen LogP contribution >= 0.6 is 0 Å². The van der Waals surface area contributed by atoms with Crippen molar-refractivity contribution in [3.05, 3.63) is 71.0 Å². The van der Waals surface area contributed by atoms with Gasteiger partial charge in [0.1, 0.15) is 5.82 Å². The number of carbonyl (C=O) groups excluding carboxylic acids is 2. The Morgan fingerprint density at radius 3 is 2.40 bits per heavy atom. The summed E-state index contributed by atoms with van der Waals surface area (Å²) in [4.78, 5) is 29.3. The van der Waals surface area contributed by atoms with Crippen molar-refractivity contribution in [1.82, 2.24) is 9.80 Å². The van der Waals surface area contributed by atoms with Crippen molar-refractivity contribution in [1.29, 1.82) is 0 Å². The fourth-order valence-corrected chi connectivity index (χ4v) is 4.72. The molecule has 0 N–H and O–H groups in total. The third kappa shape index (κ3) is 4.40. The number of rotatable bonds is 3. The van der Waals surface area contributed by atoms with Crippen LogP contribution in [0, 0.1) is 18.2 Å². The first-order valence-corrected chi connectivity index (χ1v) is 10.8. The largest absolute Gasteiger partial charge is 0.339 e. The van der Waals surface area contributed by atoms with E-state index in [2.05, 4.69) is 12.1 Å². The van der Waals surface area contributed by atoms with Crippen LogP contribution in [0.4, 0.5) is 4.39 Å². The number of hydrogen-bond donors (Lipinski definition) is 0. The van der Waals surface area contributed by atoms with E-state index in [0.717, 1.165) is 37.8 Å². The molecule has 5 heteroatoms. The molecule has 0 unspecified atom stereocenters. The lowest BCUT2D eigenvalue weighted by molar-refractivity contribution is -0.131. The number of benzene rings is 2. The standard InChI is InChI=1S/C25H29FN2O2/c1-19-7-8-21(17-22(19)26)24(30)27-14-11-25(12-15-27)10-9-23(29)28(16-13-25)18-20-5-3-2-4-6-20/h2-8,17H,9-16,18H2,1H3. The molecule has 2 amide bonds. The van der Waals surface area contributed by atoms with E-state index in [-0.39, 0.29) is 23.0 Å². The van der Waals surface area contributed by atoms with E-state index >= 15 is 0 Å². The molecule has 0 radical (unpaired) electrons. The summed E-state index contributed by atoms with van der Waals surface area (Å²) >= 11 is 0. The Balaban J connectivity index is 1.37. The summed E-state index contributed by atoms with van der Waals surface area (Å²) in [5.74, 6) is -0.210. The van der Waals surface area contributed by atoms with Crippen LogP contribution in [0.1, 0.15) is 53.6 Å². The van der Waals surface area contributed by atoms with E-state index in [0.29, 0.717) is 37.2 Å². The lowest BCUT2D eigenvalue weighted by Crippen LogP contribution is -2.43. The van der Waals surface area contributed by atoms with Gasteiger partial charge in [0.15, 0.2) is 0 Å². The van der Waals surface area contributed by atoms with E-state index in [9.17, 15) is 14.0 Å². The minimum absolute atomic E-state index is 0.0980. The maximum atomic E-state index is 13.9. The Labute approximate surface area is 177 Å².